The van der Waals surface area contributed by atoms with Gasteiger partial charge in [-0.05, 0) is 43.0 Å². The topological polar surface area (TPSA) is 88.5 Å². The maximum atomic E-state index is 13.1. The van der Waals surface area contributed by atoms with E-state index in [1.807, 2.05) is 12.1 Å². The molecule has 4 aromatic rings. The molecule has 2 N–H and O–H groups in total. The summed E-state index contributed by atoms with van der Waals surface area (Å²) in [6.07, 6.45) is -4.30. The van der Waals surface area contributed by atoms with Gasteiger partial charge in [-0.2, -0.15) is 13.2 Å². The Hall–Kier alpha value is -3.66. The van der Waals surface area contributed by atoms with Gasteiger partial charge in [0.05, 0.1) is 21.3 Å². The Kier molecular flexibility index (Phi) is 6.42. The number of fused-ring (bicyclic) bond motifs is 2. The highest BCUT2D eigenvalue weighted by Crippen LogP contribution is 2.34. The second kappa shape index (κ2) is 9.18. The Balaban J connectivity index is 1.68. The first-order chi connectivity index (χ1) is 16.5. The van der Waals surface area contributed by atoms with Crippen LogP contribution < -0.4 is 10.1 Å². The summed E-state index contributed by atoms with van der Waals surface area (Å²) in [7, 11) is 0. The third-order valence-electron chi connectivity index (χ3n) is 5.79. The molecule has 0 aliphatic rings. The number of rotatable bonds is 7. The molecule has 0 aliphatic heterocycles. The van der Waals surface area contributed by atoms with Crippen LogP contribution in [0.25, 0.3) is 21.0 Å². The fraction of sp³-hybridized carbons (Fsp3) is 0.240. The Morgan fingerprint density at radius 1 is 1.11 bits per heavy atom. The minimum atomic E-state index is -4.47. The third kappa shape index (κ3) is 4.93. The molecular weight excluding hydrogens is 481 g/mol. The summed E-state index contributed by atoms with van der Waals surface area (Å²) in [6.45, 7) is 2.99. The van der Waals surface area contributed by atoms with Crippen LogP contribution in [-0.2, 0) is 17.6 Å². The normalized spacial score (nSPS) is 13.5. The molecule has 0 aliphatic carbocycles. The van der Waals surface area contributed by atoms with Crippen molar-refractivity contribution in [3.63, 3.8) is 0 Å². The van der Waals surface area contributed by atoms with Gasteiger partial charge in [-0.1, -0.05) is 37.3 Å². The monoisotopic (exact) mass is 502 g/mol. The minimum absolute atomic E-state index is 0.0844. The number of carboxylic acids is 1. The lowest BCUT2D eigenvalue weighted by Crippen LogP contribution is -2.51. The Morgan fingerprint density at radius 3 is 2.54 bits per heavy atom. The molecular formula is C25H21F3N2O4S. The maximum absolute atomic E-state index is 13.1. The van der Waals surface area contributed by atoms with Crippen LogP contribution in [0.2, 0.25) is 0 Å². The van der Waals surface area contributed by atoms with Crippen LogP contribution in [0.15, 0.2) is 54.6 Å². The van der Waals surface area contributed by atoms with Gasteiger partial charge in [-0.3, -0.25) is 4.79 Å². The van der Waals surface area contributed by atoms with Gasteiger partial charge in [0.25, 0.3) is 5.91 Å². The smallest absolute Gasteiger partial charge is 0.416 e. The largest absolute Gasteiger partial charge is 0.485 e. The van der Waals surface area contributed by atoms with Crippen LogP contribution in [0.4, 0.5) is 13.2 Å². The summed E-state index contributed by atoms with van der Waals surface area (Å²) in [6, 6.07) is 13.9. The van der Waals surface area contributed by atoms with Crippen LogP contribution >= 0.6 is 11.3 Å². The highest BCUT2D eigenvalue weighted by Gasteiger charge is 2.34. The Morgan fingerprint density at radius 2 is 1.86 bits per heavy atom. The number of ether oxygens (including phenoxy) is 1. The van der Waals surface area contributed by atoms with E-state index in [1.165, 1.54) is 24.3 Å². The van der Waals surface area contributed by atoms with Crippen LogP contribution in [0.1, 0.15) is 41.2 Å². The summed E-state index contributed by atoms with van der Waals surface area (Å²) in [5, 5.41) is 14.0. The van der Waals surface area contributed by atoms with Gasteiger partial charge in [0, 0.05) is 5.39 Å². The molecule has 0 bridgehead atoms. The molecule has 0 spiro atoms. The van der Waals surface area contributed by atoms with Crippen molar-refractivity contribution in [3.05, 3.63) is 70.7 Å². The third-order valence-corrected chi connectivity index (χ3v) is 6.80. The van der Waals surface area contributed by atoms with Crippen LogP contribution in [0.5, 0.6) is 5.75 Å². The predicted octanol–water partition coefficient (Wildman–Crippen LogP) is 6.03. The van der Waals surface area contributed by atoms with E-state index in [1.54, 1.807) is 31.2 Å². The lowest BCUT2D eigenvalue weighted by atomic mass is 9.97. The average molecular weight is 503 g/mol. The van der Waals surface area contributed by atoms with E-state index < -0.39 is 29.2 Å². The fourth-order valence-corrected chi connectivity index (χ4v) is 4.40. The van der Waals surface area contributed by atoms with E-state index >= 15 is 0 Å². The number of carbonyl (C=O) groups excluding carboxylic acids is 1. The van der Waals surface area contributed by atoms with Gasteiger partial charge in [0.2, 0.25) is 0 Å². The van der Waals surface area contributed by atoms with Crippen LogP contribution in [0, 0.1) is 0 Å². The summed E-state index contributed by atoms with van der Waals surface area (Å²) < 4.78 is 45.7. The number of aliphatic carboxylic acids is 1. The van der Waals surface area contributed by atoms with E-state index in [0.29, 0.717) is 15.1 Å². The maximum Gasteiger partial charge on any atom is 0.416 e. The van der Waals surface area contributed by atoms with Gasteiger partial charge < -0.3 is 15.2 Å². The number of nitrogens with one attached hydrogen (secondary N) is 1. The molecule has 10 heteroatoms. The van der Waals surface area contributed by atoms with Crippen molar-refractivity contribution < 1.29 is 32.6 Å². The second-order valence-corrected chi connectivity index (χ2v) is 9.30. The molecule has 35 heavy (non-hydrogen) atoms. The van der Waals surface area contributed by atoms with Gasteiger partial charge in [0.1, 0.15) is 22.9 Å². The second-order valence-electron chi connectivity index (χ2n) is 8.18. The number of aromatic nitrogens is 1. The molecule has 182 valence electrons. The van der Waals surface area contributed by atoms with E-state index in [2.05, 4.69) is 10.3 Å². The number of alkyl halides is 3. The molecule has 1 atom stereocenters. The summed E-state index contributed by atoms with van der Waals surface area (Å²) in [4.78, 5) is 29.0. The number of nitrogens with zero attached hydrogens (tertiary/aromatic N) is 1. The lowest BCUT2D eigenvalue weighted by molar-refractivity contribution is -0.144. The van der Waals surface area contributed by atoms with E-state index in [4.69, 9.17) is 4.74 Å². The molecule has 1 amide bonds. The fourth-order valence-electron chi connectivity index (χ4n) is 3.54. The zero-order valence-electron chi connectivity index (χ0n) is 18.8. The van der Waals surface area contributed by atoms with Crippen molar-refractivity contribution in [1.82, 2.24) is 10.3 Å². The first-order valence-electron chi connectivity index (χ1n) is 10.7. The predicted molar refractivity (Wildman–Crippen MR) is 127 cm³/mol. The van der Waals surface area contributed by atoms with Crippen LogP contribution in [0.3, 0.4) is 0 Å². The van der Waals surface area contributed by atoms with Crippen molar-refractivity contribution in [1.29, 1.82) is 0 Å². The van der Waals surface area contributed by atoms with Gasteiger partial charge in [0.15, 0.2) is 0 Å². The average Bonchev–Trinajstić information content (AvgIpc) is 3.23. The number of carboxylic acid groups (broad SMARTS) is 1. The summed E-state index contributed by atoms with van der Waals surface area (Å²) in [5.74, 6) is -1.54. The van der Waals surface area contributed by atoms with Crippen molar-refractivity contribution in [2.75, 3.05) is 0 Å². The lowest BCUT2D eigenvalue weighted by Gasteiger charge is -2.25. The number of halogens is 3. The Bertz CT molecular complexity index is 1430. The molecule has 1 heterocycles. The molecule has 1 aromatic heterocycles. The van der Waals surface area contributed by atoms with Crippen molar-refractivity contribution in [3.8, 4) is 5.75 Å². The highest BCUT2D eigenvalue weighted by molar-refractivity contribution is 7.18. The molecule has 6 nitrogen and oxygen atoms in total. The first-order valence-corrected chi connectivity index (χ1v) is 11.5. The van der Waals surface area contributed by atoms with Crippen molar-refractivity contribution in [2.45, 2.75) is 38.6 Å². The summed E-state index contributed by atoms with van der Waals surface area (Å²) in [5.41, 5.74) is -1.90. The van der Waals surface area contributed by atoms with Crippen molar-refractivity contribution >= 4 is 44.2 Å². The van der Waals surface area contributed by atoms with E-state index in [-0.39, 0.29) is 29.9 Å². The standard InChI is InChI=1S/C25H21F3N2O4S/c1-3-24(2,23(32)33)30-22(31)17-10-8-14-6-4-5-7-16(14)21(17)34-13-20-29-18-12-15(25(26,27)28)9-11-19(18)35-20/h4-12H,3,13H2,1-2H3,(H,30,31)(H,32,33). The zero-order chi connectivity index (χ0) is 25.4. The molecule has 0 radical (unpaired) electrons. The number of hydrogen-bond donors (Lipinski definition) is 2. The SMILES string of the molecule is CCC(C)(NC(=O)c1ccc2ccccc2c1OCc1nc2cc(C(F)(F)F)ccc2s1)C(=O)O. The van der Waals surface area contributed by atoms with Gasteiger partial charge >= 0.3 is 12.1 Å². The number of amides is 1. The first kappa shape index (κ1) is 24.5. The Labute approximate surface area is 202 Å². The molecule has 3 aromatic carbocycles. The highest BCUT2D eigenvalue weighted by atomic mass is 32.1. The number of thiazole rings is 1. The van der Waals surface area contributed by atoms with Gasteiger partial charge in [-0.15, -0.1) is 11.3 Å². The number of hydrogen-bond acceptors (Lipinski definition) is 5. The molecule has 1 unspecified atom stereocenters. The number of benzene rings is 3. The molecule has 4 rings (SSSR count). The minimum Gasteiger partial charge on any atom is -0.485 e. The molecule has 0 fully saturated rings. The molecule has 0 saturated heterocycles. The van der Waals surface area contributed by atoms with Crippen LogP contribution in [-0.4, -0.2) is 27.5 Å². The van der Waals surface area contributed by atoms with E-state index in [9.17, 15) is 27.9 Å². The van der Waals surface area contributed by atoms with Gasteiger partial charge in [-0.25, -0.2) is 9.78 Å². The van der Waals surface area contributed by atoms with E-state index in [0.717, 1.165) is 17.5 Å². The summed E-state index contributed by atoms with van der Waals surface area (Å²) >= 11 is 1.19. The quantitative estimate of drug-likeness (QED) is 0.322. The molecule has 0 saturated carbocycles. The number of carbonyl (C=O) groups is 2. The zero-order valence-corrected chi connectivity index (χ0v) is 19.6. The van der Waals surface area contributed by atoms with Crippen molar-refractivity contribution in [2.24, 2.45) is 0 Å².